The minimum Gasteiger partial charge on any atom is -0.461 e. The lowest BCUT2D eigenvalue weighted by Crippen LogP contribution is -2.48. The number of fused-ring (bicyclic) bond motifs is 1. The number of nitrogens with one attached hydrogen (secondary N) is 3. The van der Waals surface area contributed by atoms with Crippen molar-refractivity contribution in [2.45, 2.75) is 51.1 Å². The Kier molecular flexibility index (Phi) is 7.99. The SMILES string of the molecule is Cc1cc2cc(NC(=N[C@H]3CCCCN(CC(=O)N4CCCC4)C3=O)NC(=O)[C@@H]3CSCN3)ccc2o1. The molecule has 3 aliphatic rings. The topological polar surface area (TPSA) is 119 Å². The van der Waals surface area contributed by atoms with Crippen LogP contribution >= 0.6 is 11.8 Å². The van der Waals surface area contributed by atoms with Crippen LogP contribution in [0, 0.1) is 6.92 Å². The zero-order valence-electron chi connectivity index (χ0n) is 21.1. The van der Waals surface area contributed by atoms with Gasteiger partial charge in [-0.3, -0.25) is 25.0 Å². The molecule has 3 aliphatic heterocycles. The molecule has 0 aliphatic carbocycles. The van der Waals surface area contributed by atoms with Crippen LogP contribution in [0.5, 0.6) is 0 Å². The predicted octanol–water partition coefficient (Wildman–Crippen LogP) is 2.29. The molecule has 1 aromatic carbocycles. The Bertz CT molecular complexity index is 1180. The molecule has 11 heteroatoms. The highest BCUT2D eigenvalue weighted by molar-refractivity contribution is 7.99. The van der Waals surface area contributed by atoms with Crippen LogP contribution < -0.4 is 16.0 Å². The van der Waals surface area contributed by atoms with Gasteiger partial charge < -0.3 is 19.5 Å². The lowest BCUT2D eigenvalue weighted by molar-refractivity contribution is -0.140. The van der Waals surface area contributed by atoms with Crippen LogP contribution in [0.3, 0.4) is 0 Å². The van der Waals surface area contributed by atoms with E-state index >= 15 is 0 Å². The summed E-state index contributed by atoms with van der Waals surface area (Å²) in [6, 6.07) is 6.58. The minimum atomic E-state index is -0.678. The first kappa shape index (κ1) is 25.6. The maximum atomic E-state index is 13.5. The molecule has 3 amide bonds. The molecule has 3 saturated heterocycles. The van der Waals surface area contributed by atoms with Crippen LogP contribution in [0.2, 0.25) is 0 Å². The van der Waals surface area contributed by atoms with Crippen molar-refractivity contribution in [2.24, 2.45) is 4.99 Å². The molecule has 0 saturated carbocycles. The van der Waals surface area contributed by atoms with Gasteiger partial charge in [0.05, 0.1) is 12.6 Å². The van der Waals surface area contributed by atoms with E-state index in [0.717, 1.165) is 67.1 Å². The van der Waals surface area contributed by atoms with Crippen LogP contribution in [-0.4, -0.2) is 83.4 Å². The number of amides is 3. The first-order valence-corrected chi connectivity index (χ1v) is 14.2. The second kappa shape index (κ2) is 11.6. The van der Waals surface area contributed by atoms with Gasteiger partial charge in [0.15, 0.2) is 0 Å². The highest BCUT2D eigenvalue weighted by Gasteiger charge is 2.31. The first-order valence-electron chi connectivity index (χ1n) is 13.0. The van der Waals surface area contributed by atoms with E-state index in [-0.39, 0.29) is 36.3 Å². The van der Waals surface area contributed by atoms with Crippen molar-refractivity contribution in [3.05, 3.63) is 30.0 Å². The number of anilines is 1. The van der Waals surface area contributed by atoms with Gasteiger partial charge in [-0.2, -0.15) is 0 Å². The fourth-order valence-corrected chi connectivity index (χ4v) is 5.94. The Morgan fingerprint density at radius 1 is 1.16 bits per heavy atom. The van der Waals surface area contributed by atoms with E-state index in [1.165, 1.54) is 0 Å². The van der Waals surface area contributed by atoms with Crippen LogP contribution in [0.4, 0.5) is 5.69 Å². The summed E-state index contributed by atoms with van der Waals surface area (Å²) in [4.78, 5) is 47.4. The number of guanidine groups is 1. The fraction of sp³-hybridized carbons (Fsp3) is 0.538. The molecule has 2 atom stereocenters. The minimum absolute atomic E-state index is 0.00403. The zero-order chi connectivity index (χ0) is 25.8. The zero-order valence-corrected chi connectivity index (χ0v) is 21.9. The summed E-state index contributed by atoms with van der Waals surface area (Å²) >= 11 is 1.66. The first-order chi connectivity index (χ1) is 18.0. The fourth-order valence-electron chi connectivity index (χ4n) is 5.00. The van der Waals surface area contributed by atoms with E-state index < -0.39 is 6.04 Å². The molecule has 3 N–H and O–H groups in total. The van der Waals surface area contributed by atoms with Crippen LogP contribution in [0.15, 0.2) is 33.7 Å². The van der Waals surface area contributed by atoms with Crippen molar-refractivity contribution in [1.82, 2.24) is 20.4 Å². The number of rotatable bonds is 5. The number of nitrogens with zero attached hydrogens (tertiary/aromatic N) is 3. The number of carbonyl (C=O) groups excluding carboxylic acids is 3. The molecule has 3 fully saturated rings. The molecular formula is C26H34N6O4S. The summed E-state index contributed by atoms with van der Waals surface area (Å²) in [5.41, 5.74) is 1.50. The summed E-state index contributed by atoms with van der Waals surface area (Å²) in [5, 5.41) is 10.2. The number of furan rings is 1. The van der Waals surface area contributed by atoms with Crippen LogP contribution in [0.1, 0.15) is 37.9 Å². The molecule has 0 spiro atoms. The van der Waals surface area contributed by atoms with E-state index in [1.807, 2.05) is 36.1 Å². The Hall–Kier alpha value is -3.05. The number of hydrogen-bond donors (Lipinski definition) is 3. The molecule has 37 heavy (non-hydrogen) atoms. The van der Waals surface area contributed by atoms with Gasteiger partial charge >= 0.3 is 0 Å². The Morgan fingerprint density at radius 2 is 1.97 bits per heavy atom. The van der Waals surface area contributed by atoms with Crippen molar-refractivity contribution in [1.29, 1.82) is 0 Å². The smallest absolute Gasteiger partial charge is 0.247 e. The molecule has 5 rings (SSSR count). The Morgan fingerprint density at radius 3 is 2.76 bits per heavy atom. The van der Waals surface area contributed by atoms with Gasteiger partial charge in [0.2, 0.25) is 23.7 Å². The summed E-state index contributed by atoms with van der Waals surface area (Å²) < 4.78 is 5.67. The lowest BCUT2D eigenvalue weighted by atomic mass is 10.1. The summed E-state index contributed by atoms with van der Waals surface area (Å²) in [7, 11) is 0. The molecule has 10 nitrogen and oxygen atoms in total. The summed E-state index contributed by atoms with van der Waals surface area (Å²) in [6.45, 7) is 4.04. The van der Waals surface area contributed by atoms with Crippen molar-refractivity contribution < 1.29 is 18.8 Å². The maximum absolute atomic E-state index is 13.5. The van der Waals surface area contributed by atoms with Gasteiger partial charge in [-0.1, -0.05) is 0 Å². The third-order valence-electron chi connectivity index (χ3n) is 7.00. The normalized spacial score (nSPS) is 22.9. The van der Waals surface area contributed by atoms with E-state index in [2.05, 4.69) is 16.0 Å². The van der Waals surface area contributed by atoms with E-state index in [4.69, 9.17) is 9.41 Å². The van der Waals surface area contributed by atoms with Crippen molar-refractivity contribution >= 4 is 52.1 Å². The van der Waals surface area contributed by atoms with Gasteiger partial charge in [0, 0.05) is 42.3 Å². The molecule has 198 valence electrons. The van der Waals surface area contributed by atoms with Crippen LogP contribution in [0.25, 0.3) is 11.0 Å². The van der Waals surface area contributed by atoms with Crippen molar-refractivity contribution in [3.63, 3.8) is 0 Å². The van der Waals surface area contributed by atoms with Crippen molar-refractivity contribution in [2.75, 3.05) is 43.1 Å². The van der Waals surface area contributed by atoms with Gasteiger partial charge in [-0.05, 0) is 63.3 Å². The molecule has 2 aromatic rings. The average Bonchev–Trinajstić information content (AvgIpc) is 3.64. The Labute approximate surface area is 220 Å². The number of aryl methyl sites for hydroxylation is 1. The second-order valence-electron chi connectivity index (χ2n) is 9.83. The number of hydrogen-bond acceptors (Lipinski definition) is 7. The average molecular weight is 527 g/mol. The second-order valence-corrected chi connectivity index (χ2v) is 10.9. The van der Waals surface area contributed by atoms with E-state index in [9.17, 15) is 14.4 Å². The molecule has 1 aromatic heterocycles. The molecule has 0 bridgehead atoms. The molecule has 4 heterocycles. The third kappa shape index (κ3) is 6.27. The van der Waals surface area contributed by atoms with Gasteiger partial charge in [-0.25, -0.2) is 4.99 Å². The summed E-state index contributed by atoms with van der Waals surface area (Å²) in [5.74, 6) is 2.06. The number of benzene rings is 1. The highest BCUT2D eigenvalue weighted by Crippen LogP contribution is 2.23. The summed E-state index contributed by atoms with van der Waals surface area (Å²) in [6.07, 6.45) is 4.22. The van der Waals surface area contributed by atoms with Gasteiger partial charge in [0.25, 0.3) is 0 Å². The number of likely N-dealkylation sites (tertiary alicyclic amines) is 2. The highest BCUT2D eigenvalue weighted by atomic mass is 32.2. The van der Waals surface area contributed by atoms with E-state index in [1.54, 1.807) is 16.7 Å². The Balaban J connectivity index is 1.36. The lowest BCUT2D eigenvalue weighted by Gasteiger charge is -2.25. The molecule has 0 unspecified atom stereocenters. The van der Waals surface area contributed by atoms with Crippen LogP contribution in [-0.2, 0) is 14.4 Å². The number of aliphatic imine (C=N–C) groups is 1. The monoisotopic (exact) mass is 526 g/mol. The standard InChI is InChI=1S/C26H34N6O4S/c1-17-12-18-13-19(7-8-22(18)36-17)28-26(30-24(34)21-15-37-16-27-21)29-20-6-2-3-11-32(25(20)35)14-23(33)31-9-4-5-10-31/h7-8,12-13,20-21,27H,2-6,9-11,14-16H2,1H3,(H2,28,29,30,34)/t20-,21-/m0/s1. The third-order valence-corrected chi connectivity index (χ3v) is 7.94. The number of thioether (sulfide) groups is 1. The number of carbonyl (C=O) groups is 3. The maximum Gasteiger partial charge on any atom is 0.247 e. The quantitative estimate of drug-likeness (QED) is 0.404. The van der Waals surface area contributed by atoms with Crippen molar-refractivity contribution in [3.8, 4) is 0 Å². The van der Waals surface area contributed by atoms with Gasteiger partial charge in [0.1, 0.15) is 17.4 Å². The van der Waals surface area contributed by atoms with E-state index in [0.29, 0.717) is 18.7 Å². The largest absolute Gasteiger partial charge is 0.461 e. The molecule has 0 radical (unpaired) electrons. The van der Waals surface area contributed by atoms with Gasteiger partial charge in [-0.15, -0.1) is 11.8 Å². The predicted molar refractivity (Wildman–Crippen MR) is 144 cm³/mol. The molecular weight excluding hydrogens is 492 g/mol.